The summed E-state index contributed by atoms with van der Waals surface area (Å²) in [6, 6.07) is -0.455. The summed E-state index contributed by atoms with van der Waals surface area (Å²) in [4.78, 5) is 39.3. The molecule has 2 amide bonds. The van der Waals surface area contributed by atoms with Crippen molar-refractivity contribution in [2.45, 2.75) is 25.2 Å². The number of hydrogen-bond acceptors (Lipinski definition) is 7. The highest BCUT2D eigenvalue weighted by atomic mass is 19.4. The van der Waals surface area contributed by atoms with Crippen LogP contribution in [0.2, 0.25) is 0 Å². The maximum absolute atomic E-state index is 12.7. The van der Waals surface area contributed by atoms with Crippen molar-refractivity contribution in [2.75, 3.05) is 44.2 Å². The molecule has 2 aliphatic rings. The first-order valence-electron chi connectivity index (χ1n) is 9.11. The molecule has 2 unspecified atom stereocenters. The third kappa shape index (κ3) is 4.82. The van der Waals surface area contributed by atoms with Crippen LogP contribution in [0.25, 0.3) is 10.4 Å². The average molecular weight is 428 g/mol. The molecule has 0 N–H and O–H groups in total. The molecular formula is C16H19F3N8O3. The van der Waals surface area contributed by atoms with Crippen LogP contribution in [-0.4, -0.2) is 83.2 Å². The molecule has 1 aromatic heterocycles. The van der Waals surface area contributed by atoms with Gasteiger partial charge < -0.3 is 19.4 Å². The molecule has 2 fully saturated rings. The molecule has 2 atom stereocenters. The lowest BCUT2D eigenvalue weighted by molar-refractivity contribution is -0.139. The fraction of sp³-hybridized carbons (Fsp3) is 0.625. The van der Waals surface area contributed by atoms with Gasteiger partial charge in [0.25, 0.3) is 5.91 Å². The summed E-state index contributed by atoms with van der Waals surface area (Å²) in [7, 11) is 0. The Kier molecular flexibility index (Phi) is 6.15. The second kappa shape index (κ2) is 8.61. The van der Waals surface area contributed by atoms with Crippen LogP contribution in [-0.2, 0) is 15.7 Å². The first-order valence-corrected chi connectivity index (χ1v) is 9.11. The summed E-state index contributed by atoms with van der Waals surface area (Å²) >= 11 is 0. The number of alkyl halides is 3. The third-order valence-electron chi connectivity index (χ3n) is 4.74. The number of amides is 2. The van der Waals surface area contributed by atoms with Crippen molar-refractivity contribution in [1.29, 1.82) is 0 Å². The molecule has 1 aromatic rings. The van der Waals surface area contributed by atoms with Crippen LogP contribution in [0.1, 0.15) is 12.5 Å². The van der Waals surface area contributed by atoms with E-state index in [9.17, 15) is 22.8 Å². The lowest BCUT2D eigenvalue weighted by Gasteiger charge is -2.35. The molecule has 0 aliphatic carbocycles. The predicted octanol–water partition coefficient (Wildman–Crippen LogP) is 1.66. The van der Waals surface area contributed by atoms with E-state index < -0.39 is 30.0 Å². The van der Waals surface area contributed by atoms with E-state index in [0.29, 0.717) is 13.1 Å². The molecule has 2 saturated heterocycles. The van der Waals surface area contributed by atoms with Crippen LogP contribution in [0.3, 0.4) is 0 Å². The van der Waals surface area contributed by atoms with Gasteiger partial charge in [-0.2, -0.15) is 13.2 Å². The molecule has 3 heterocycles. The zero-order chi connectivity index (χ0) is 21.9. The highest BCUT2D eigenvalue weighted by molar-refractivity contribution is 5.86. The van der Waals surface area contributed by atoms with Gasteiger partial charge in [-0.25, -0.2) is 14.8 Å². The third-order valence-corrected chi connectivity index (χ3v) is 4.74. The van der Waals surface area contributed by atoms with Crippen molar-refractivity contribution in [2.24, 2.45) is 5.11 Å². The highest BCUT2D eigenvalue weighted by Gasteiger charge is 2.39. The maximum atomic E-state index is 12.7. The number of anilines is 1. The number of carbonyl (C=O) groups excluding carboxylic acids is 2. The molecule has 11 nitrogen and oxygen atoms in total. The Labute approximate surface area is 169 Å². The van der Waals surface area contributed by atoms with Crippen molar-refractivity contribution in [3.63, 3.8) is 0 Å². The van der Waals surface area contributed by atoms with Crippen molar-refractivity contribution in [3.05, 3.63) is 28.4 Å². The molecule has 0 saturated carbocycles. The van der Waals surface area contributed by atoms with E-state index in [2.05, 4.69) is 20.0 Å². The normalized spacial score (nSPS) is 20.6. The van der Waals surface area contributed by atoms with E-state index in [4.69, 9.17) is 10.3 Å². The van der Waals surface area contributed by atoms with Gasteiger partial charge in [0.1, 0.15) is 0 Å². The van der Waals surface area contributed by atoms with E-state index in [1.807, 2.05) is 0 Å². The summed E-state index contributed by atoms with van der Waals surface area (Å²) in [5.41, 5.74) is 7.51. The largest absolute Gasteiger partial charge is 0.434 e. The molecule has 0 bridgehead atoms. The number of carbonyl (C=O) groups is 2. The summed E-state index contributed by atoms with van der Waals surface area (Å²) in [6.07, 6.45) is -4.66. The number of piperazine rings is 1. The van der Waals surface area contributed by atoms with Crippen LogP contribution < -0.4 is 4.90 Å². The van der Waals surface area contributed by atoms with Gasteiger partial charge in [0.15, 0.2) is 6.10 Å². The molecule has 0 aromatic carbocycles. The lowest BCUT2D eigenvalue weighted by atomic mass is 10.2. The highest BCUT2D eigenvalue weighted by Crippen LogP contribution is 2.28. The monoisotopic (exact) mass is 428 g/mol. The van der Waals surface area contributed by atoms with Crippen LogP contribution in [0.4, 0.5) is 23.9 Å². The Balaban J connectivity index is 1.53. The van der Waals surface area contributed by atoms with E-state index >= 15 is 0 Å². The van der Waals surface area contributed by atoms with Gasteiger partial charge in [0.05, 0.1) is 18.2 Å². The van der Waals surface area contributed by atoms with Crippen LogP contribution in [0.5, 0.6) is 0 Å². The van der Waals surface area contributed by atoms with Crippen molar-refractivity contribution in [3.8, 4) is 0 Å². The predicted molar refractivity (Wildman–Crippen MR) is 96.3 cm³/mol. The number of hydrogen-bond donors (Lipinski definition) is 0. The summed E-state index contributed by atoms with van der Waals surface area (Å²) < 4.78 is 43.0. The molecule has 0 spiro atoms. The van der Waals surface area contributed by atoms with Crippen molar-refractivity contribution in [1.82, 2.24) is 19.8 Å². The number of halogens is 3. The Morgan fingerprint density at radius 1 is 1.33 bits per heavy atom. The van der Waals surface area contributed by atoms with Crippen LogP contribution in [0.15, 0.2) is 17.5 Å². The van der Waals surface area contributed by atoms with Gasteiger partial charge in [-0.05, 0) is 5.53 Å². The molecule has 2 aliphatic heterocycles. The van der Waals surface area contributed by atoms with Gasteiger partial charge >= 0.3 is 12.3 Å². The Bertz CT molecular complexity index is 835. The SMILES string of the molecule is CC(CN1CC(C(=O)N2CCN(c3ncc(C(F)(F)F)cn3)CC2)OC1=O)N=[N+]=[N-]. The Hall–Kier alpha value is -3.28. The van der Waals surface area contributed by atoms with Gasteiger partial charge in [0.2, 0.25) is 5.95 Å². The zero-order valence-electron chi connectivity index (χ0n) is 16.0. The number of nitrogens with zero attached hydrogens (tertiary/aromatic N) is 8. The Morgan fingerprint density at radius 2 is 1.97 bits per heavy atom. The summed E-state index contributed by atoms with van der Waals surface area (Å²) in [5, 5.41) is 3.49. The average Bonchev–Trinajstić information content (AvgIpc) is 3.07. The first-order chi connectivity index (χ1) is 14.2. The minimum atomic E-state index is -4.50. The van der Waals surface area contributed by atoms with Gasteiger partial charge in [0, 0.05) is 50.0 Å². The van der Waals surface area contributed by atoms with Crippen LogP contribution >= 0.6 is 0 Å². The number of rotatable bonds is 5. The minimum Gasteiger partial charge on any atom is -0.434 e. The molecule has 3 rings (SSSR count). The number of azide groups is 1. The van der Waals surface area contributed by atoms with E-state index in [1.54, 1.807) is 11.8 Å². The van der Waals surface area contributed by atoms with E-state index in [0.717, 1.165) is 12.4 Å². The smallest absolute Gasteiger partial charge is 0.419 e. The fourth-order valence-electron chi connectivity index (χ4n) is 3.19. The summed E-state index contributed by atoms with van der Waals surface area (Å²) in [6.45, 7) is 3.07. The van der Waals surface area contributed by atoms with E-state index in [1.165, 1.54) is 9.80 Å². The number of ether oxygens (including phenoxy) is 1. The van der Waals surface area contributed by atoms with Crippen molar-refractivity contribution < 1.29 is 27.5 Å². The van der Waals surface area contributed by atoms with Gasteiger partial charge in [-0.3, -0.25) is 4.79 Å². The van der Waals surface area contributed by atoms with Crippen molar-refractivity contribution >= 4 is 17.9 Å². The Morgan fingerprint density at radius 3 is 2.53 bits per heavy atom. The zero-order valence-corrected chi connectivity index (χ0v) is 16.0. The second-order valence-electron chi connectivity index (χ2n) is 6.91. The molecule has 14 heteroatoms. The molecule has 0 radical (unpaired) electrons. The molecule has 162 valence electrons. The number of cyclic esters (lactones) is 1. The maximum Gasteiger partial charge on any atom is 0.419 e. The topological polar surface area (TPSA) is 128 Å². The fourth-order valence-corrected chi connectivity index (χ4v) is 3.19. The van der Waals surface area contributed by atoms with Crippen LogP contribution in [0, 0.1) is 0 Å². The first kappa shape index (κ1) is 21.4. The standard InChI is InChI=1S/C16H19F3N8O3/c1-10(23-24-20)8-27-9-12(30-15(27)29)13(28)25-2-4-26(5-3-25)14-21-6-11(7-22-14)16(17,18)19/h6-7,10,12H,2-5,8-9H2,1H3. The summed E-state index contributed by atoms with van der Waals surface area (Å²) in [5.74, 6) is -0.198. The molecular weight excluding hydrogens is 409 g/mol. The van der Waals surface area contributed by atoms with Gasteiger partial charge in [-0.15, -0.1) is 0 Å². The molecule has 30 heavy (non-hydrogen) atoms. The van der Waals surface area contributed by atoms with Gasteiger partial charge in [-0.1, -0.05) is 12.0 Å². The number of aromatic nitrogens is 2. The minimum absolute atomic E-state index is 0.0607. The lowest BCUT2D eigenvalue weighted by Crippen LogP contribution is -2.52. The quantitative estimate of drug-likeness (QED) is 0.399. The second-order valence-corrected chi connectivity index (χ2v) is 6.91. The van der Waals surface area contributed by atoms with E-state index in [-0.39, 0.29) is 38.0 Å².